The molecule has 5 heteroatoms. The van der Waals surface area contributed by atoms with Crippen molar-refractivity contribution in [3.05, 3.63) is 64.6 Å². The number of anilines is 1. The van der Waals surface area contributed by atoms with Gasteiger partial charge in [-0.05, 0) is 30.7 Å². The number of imidazole rings is 1. The molecule has 3 rings (SSSR count). The number of carbonyl (C=O) groups excluding carboxylic acids is 1. The molecule has 0 unspecified atom stereocenters. The first kappa shape index (κ1) is 15.1. The quantitative estimate of drug-likeness (QED) is 0.805. The summed E-state index contributed by atoms with van der Waals surface area (Å²) < 4.78 is 3.25. The minimum atomic E-state index is -0.102. The first-order valence-electron chi connectivity index (χ1n) is 7.57. The van der Waals surface area contributed by atoms with Crippen LogP contribution in [0.25, 0.3) is 11.0 Å². The van der Waals surface area contributed by atoms with Crippen molar-refractivity contribution in [3.8, 4) is 0 Å². The molecular weight excluding hydrogens is 290 g/mol. The lowest BCUT2D eigenvalue weighted by molar-refractivity contribution is -0.116. The van der Waals surface area contributed by atoms with Gasteiger partial charge >= 0.3 is 5.69 Å². The molecule has 3 aromatic rings. The molecular formula is C18H19N3O2. The summed E-state index contributed by atoms with van der Waals surface area (Å²) >= 11 is 0. The number of benzene rings is 2. The van der Waals surface area contributed by atoms with Crippen LogP contribution in [0.15, 0.2) is 53.3 Å². The highest BCUT2D eigenvalue weighted by atomic mass is 16.2. The van der Waals surface area contributed by atoms with Crippen LogP contribution < -0.4 is 11.0 Å². The lowest BCUT2D eigenvalue weighted by Crippen LogP contribution is -2.24. The molecule has 0 atom stereocenters. The Balaban J connectivity index is 1.76. The molecule has 0 aliphatic rings. The predicted molar refractivity (Wildman–Crippen MR) is 91.6 cm³/mol. The van der Waals surface area contributed by atoms with Gasteiger partial charge in [0.15, 0.2) is 0 Å². The Morgan fingerprint density at radius 2 is 1.70 bits per heavy atom. The number of hydrogen-bond donors (Lipinski definition) is 1. The van der Waals surface area contributed by atoms with Crippen molar-refractivity contribution in [3.63, 3.8) is 0 Å². The molecule has 0 radical (unpaired) electrons. The third kappa shape index (κ3) is 2.90. The summed E-state index contributed by atoms with van der Waals surface area (Å²) in [4.78, 5) is 24.5. The van der Waals surface area contributed by atoms with Gasteiger partial charge in [0.25, 0.3) is 0 Å². The average Bonchev–Trinajstić information content (AvgIpc) is 2.80. The molecule has 0 fully saturated rings. The van der Waals surface area contributed by atoms with Gasteiger partial charge in [0.05, 0.1) is 11.0 Å². The van der Waals surface area contributed by atoms with Crippen molar-refractivity contribution >= 4 is 22.6 Å². The molecule has 0 saturated carbocycles. The van der Waals surface area contributed by atoms with Crippen LogP contribution in [0.5, 0.6) is 0 Å². The van der Waals surface area contributed by atoms with E-state index in [-0.39, 0.29) is 18.0 Å². The molecule has 2 aromatic carbocycles. The fraction of sp³-hybridized carbons (Fsp3) is 0.222. The van der Waals surface area contributed by atoms with E-state index in [9.17, 15) is 9.59 Å². The molecule has 1 amide bonds. The zero-order chi connectivity index (χ0) is 16.4. The summed E-state index contributed by atoms with van der Waals surface area (Å²) in [5, 5.41) is 2.89. The van der Waals surface area contributed by atoms with Crippen molar-refractivity contribution < 1.29 is 4.79 Å². The second-order valence-electron chi connectivity index (χ2n) is 5.60. The Labute approximate surface area is 134 Å². The molecule has 0 spiro atoms. The summed E-state index contributed by atoms with van der Waals surface area (Å²) in [5.41, 5.74) is 3.45. The van der Waals surface area contributed by atoms with Crippen molar-refractivity contribution in [2.75, 3.05) is 5.32 Å². The average molecular weight is 309 g/mol. The SMILES string of the molecule is Cc1ccccc1NC(=O)CCn1c(=O)n(C)c2ccccc21. The van der Waals surface area contributed by atoms with Crippen molar-refractivity contribution in [1.29, 1.82) is 0 Å². The van der Waals surface area contributed by atoms with Gasteiger partial charge in [-0.3, -0.25) is 13.9 Å². The Morgan fingerprint density at radius 3 is 2.43 bits per heavy atom. The molecule has 1 aromatic heterocycles. The van der Waals surface area contributed by atoms with Gasteiger partial charge in [-0.1, -0.05) is 30.3 Å². The highest BCUT2D eigenvalue weighted by molar-refractivity contribution is 5.91. The number of aryl methyl sites for hydroxylation is 3. The van der Waals surface area contributed by atoms with E-state index in [1.54, 1.807) is 16.2 Å². The highest BCUT2D eigenvalue weighted by Gasteiger charge is 2.11. The fourth-order valence-electron chi connectivity index (χ4n) is 2.72. The Hall–Kier alpha value is -2.82. The van der Waals surface area contributed by atoms with E-state index >= 15 is 0 Å². The first-order chi connectivity index (χ1) is 11.1. The maximum atomic E-state index is 12.3. The third-order valence-corrected chi connectivity index (χ3v) is 4.03. The van der Waals surface area contributed by atoms with Gasteiger partial charge in [0, 0.05) is 25.7 Å². The second kappa shape index (κ2) is 6.12. The van der Waals surface area contributed by atoms with Crippen molar-refractivity contribution in [2.45, 2.75) is 19.9 Å². The summed E-state index contributed by atoms with van der Waals surface area (Å²) in [5.74, 6) is -0.0980. The van der Waals surface area contributed by atoms with Gasteiger partial charge in [-0.2, -0.15) is 0 Å². The minimum Gasteiger partial charge on any atom is -0.326 e. The highest BCUT2D eigenvalue weighted by Crippen LogP contribution is 2.14. The van der Waals surface area contributed by atoms with Gasteiger partial charge in [0.2, 0.25) is 5.91 Å². The minimum absolute atomic E-state index is 0.0980. The van der Waals surface area contributed by atoms with Crippen LogP contribution in [0.3, 0.4) is 0 Å². The van der Waals surface area contributed by atoms with E-state index in [1.165, 1.54) is 0 Å². The lowest BCUT2D eigenvalue weighted by atomic mass is 10.2. The Bertz CT molecular complexity index is 921. The zero-order valence-electron chi connectivity index (χ0n) is 13.2. The lowest BCUT2D eigenvalue weighted by Gasteiger charge is -2.08. The van der Waals surface area contributed by atoms with Crippen LogP contribution in [-0.4, -0.2) is 15.0 Å². The molecule has 0 aliphatic heterocycles. The molecule has 0 bridgehead atoms. The van der Waals surface area contributed by atoms with E-state index in [0.29, 0.717) is 6.54 Å². The summed E-state index contributed by atoms with van der Waals surface area (Å²) in [6.07, 6.45) is 0.252. The number of para-hydroxylation sites is 3. The number of nitrogens with zero attached hydrogens (tertiary/aromatic N) is 2. The van der Waals surface area contributed by atoms with E-state index in [1.807, 2.05) is 55.5 Å². The van der Waals surface area contributed by atoms with Crippen LogP contribution in [0.1, 0.15) is 12.0 Å². The number of fused-ring (bicyclic) bond motifs is 1. The number of aromatic nitrogens is 2. The normalized spacial score (nSPS) is 10.9. The van der Waals surface area contributed by atoms with Crippen LogP contribution in [-0.2, 0) is 18.4 Å². The number of nitrogens with one attached hydrogen (secondary N) is 1. The van der Waals surface area contributed by atoms with Gasteiger partial charge in [-0.15, -0.1) is 0 Å². The molecule has 5 nitrogen and oxygen atoms in total. The summed E-state index contributed by atoms with van der Waals surface area (Å²) in [6, 6.07) is 15.2. The zero-order valence-corrected chi connectivity index (χ0v) is 13.2. The van der Waals surface area contributed by atoms with Crippen LogP contribution >= 0.6 is 0 Å². The molecule has 118 valence electrons. The van der Waals surface area contributed by atoms with Crippen molar-refractivity contribution in [2.24, 2.45) is 7.05 Å². The molecule has 0 aliphatic carbocycles. The fourth-order valence-corrected chi connectivity index (χ4v) is 2.72. The Kier molecular flexibility index (Phi) is 4.02. The molecule has 1 N–H and O–H groups in total. The maximum absolute atomic E-state index is 12.3. The summed E-state index contributed by atoms with van der Waals surface area (Å²) in [7, 11) is 1.74. The monoisotopic (exact) mass is 309 g/mol. The summed E-state index contributed by atoms with van der Waals surface area (Å²) in [6.45, 7) is 2.31. The van der Waals surface area contributed by atoms with E-state index in [4.69, 9.17) is 0 Å². The second-order valence-corrected chi connectivity index (χ2v) is 5.60. The topological polar surface area (TPSA) is 56.0 Å². The maximum Gasteiger partial charge on any atom is 0.328 e. The van der Waals surface area contributed by atoms with Gasteiger partial charge < -0.3 is 5.32 Å². The first-order valence-corrected chi connectivity index (χ1v) is 7.57. The Morgan fingerprint density at radius 1 is 1.04 bits per heavy atom. The third-order valence-electron chi connectivity index (χ3n) is 4.03. The number of carbonyl (C=O) groups is 1. The van der Waals surface area contributed by atoms with Crippen molar-refractivity contribution in [1.82, 2.24) is 9.13 Å². The standard InChI is InChI=1S/C18H19N3O2/c1-13-7-3-4-8-14(13)19-17(22)11-12-21-16-10-6-5-9-15(16)20(2)18(21)23/h3-10H,11-12H2,1-2H3,(H,19,22). The number of hydrogen-bond acceptors (Lipinski definition) is 2. The van der Waals surface area contributed by atoms with Crippen LogP contribution in [0.4, 0.5) is 5.69 Å². The molecule has 1 heterocycles. The number of rotatable bonds is 4. The number of amides is 1. The van der Waals surface area contributed by atoms with Gasteiger partial charge in [0.1, 0.15) is 0 Å². The predicted octanol–water partition coefficient (Wildman–Crippen LogP) is 2.68. The molecule has 0 saturated heterocycles. The van der Waals surface area contributed by atoms with Crippen LogP contribution in [0, 0.1) is 6.92 Å². The molecule has 23 heavy (non-hydrogen) atoms. The van der Waals surface area contributed by atoms with E-state index < -0.39 is 0 Å². The van der Waals surface area contributed by atoms with E-state index in [0.717, 1.165) is 22.3 Å². The van der Waals surface area contributed by atoms with Gasteiger partial charge in [-0.25, -0.2) is 4.79 Å². The smallest absolute Gasteiger partial charge is 0.326 e. The van der Waals surface area contributed by atoms with Crippen LogP contribution in [0.2, 0.25) is 0 Å². The largest absolute Gasteiger partial charge is 0.328 e. The van der Waals surface area contributed by atoms with E-state index in [2.05, 4.69) is 5.32 Å².